The van der Waals surface area contributed by atoms with Gasteiger partial charge in [0.15, 0.2) is 28.8 Å². The molecule has 0 atom stereocenters. The summed E-state index contributed by atoms with van der Waals surface area (Å²) in [6.45, 7) is 0. The van der Waals surface area contributed by atoms with Crippen molar-refractivity contribution in [1.29, 1.82) is 0 Å². The lowest BCUT2D eigenvalue weighted by Crippen LogP contribution is -1.91. The van der Waals surface area contributed by atoms with E-state index in [1.165, 1.54) is 39.5 Å². The molecule has 0 fully saturated rings. The molecule has 2 aromatic rings. The first kappa shape index (κ1) is 18.9. The molecule has 0 radical (unpaired) electrons. The molecule has 6 heteroatoms. The molecular weight excluding hydrogens is 336 g/mol. The molecular formula is C20H20O6. The van der Waals surface area contributed by atoms with Gasteiger partial charge in [-0.25, -0.2) is 0 Å². The Bertz CT molecular complexity index is 826. The van der Waals surface area contributed by atoms with Crippen LogP contribution in [0.1, 0.15) is 11.1 Å². The summed E-state index contributed by atoms with van der Waals surface area (Å²) in [4.78, 5) is 12.0. The van der Waals surface area contributed by atoms with Gasteiger partial charge in [-0.3, -0.25) is 4.79 Å². The molecule has 26 heavy (non-hydrogen) atoms. The van der Waals surface area contributed by atoms with E-state index in [0.717, 1.165) is 0 Å². The highest BCUT2D eigenvalue weighted by Gasteiger charge is 2.10. The lowest BCUT2D eigenvalue weighted by atomic mass is 10.1. The normalized spacial score (nSPS) is 11.0. The van der Waals surface area contributed by atoms with Gasteiger partial charge in [-0.05, 0) is 47.5 Å². The molecule has 0 spiro atoms. The minimum atomic E-state index is -0.244. The number of aromatic hydroxyl groups is 2. The van der Waals surface area contributed by atoms with Crippen LogP contribution in [0.25, 0.3) is 12.2 Å². The molecule has 0 aromatic heterocycles. The van der Waals surface area contributed by atoms with Crippen molar-refractivity contribution >= 4 is 17.9 Å². The zero-order valence-electron chi connectivity index (χ0n) is 14.7. The summed E-state index contributed by atoms with van der Waals surface area (Å²) in [7, 11) is 4.33. The van der Waals surface area contributed by atoms with Crippen LogP contribution in [0.4, 0.5) is 0 Å². The second kappa shape index (κ2) is 8.62. The Morgan fingerprint density at radius 3 is 1.85 bits per heavy atom. The first-order valence-corrected chi connectivity index (χ1v) is 7.70. The van der Waals surface area contributed by atoms with Crippen molar-refractivity contribution in [2.45, 2.75) is 0 Å². The molecule has 0 amide bonds. The number of ketones is 1. The summed E-state index contributed by atoms with van der Waals surface area (Å²) in [5, 5.41) is 19.6. The molecule has 136 valence electrons. The SMILES string of the molecule is COc1ccc(/C=C/C(=O)/C=C/c2cc(OC)c(O)c(OC)c2)cc1O. The number of hydrogen-bond acceptors (Lipinski definition) is 6. The number of benzene rings is 2. The van der Waals surface area contributed by atoms with Crippen molar-refractivity contribution in [1.82, 2.24) is 0 Å². The molecule has 0 aliphatic heterocycles. The number of phenolic OH excluding ortho intramolecular Hbond substituents is 2. The van der Waals surface area contributed by atoms with Crippen molar-refractivity contribution in [2.24, 2.45) is 0 Å². The van der Waals surface area contributed by atoms with E-state index in [9.17, 15) is 15.0 Å². The average Bonchev–Trinajstić information content (AvgIpc) is 2.65. The number of carbonyl (C=O) groups excluding carboxylic acids is 1. The first-order valence-electron chi connectivity index (χ1n) is 7.70. The Morgan fingerprint density at radius 1 is 0.808 bits per heavy atom. The monoisotopic (exact) mass is 356 g/mol. The van der Waals surface area contributed by atoms with Gasteiger partial charge in [0.1, 0.15) is 0 Å². The number of rotatable bonds is 7. The third-order valence-corrected chi connectivity index (χ3v) is 3.59. The Labute approximate surface area is 151 Å². The first-order chi connectivity index (χ1) is 12.5. The second-order valence-electron chi connectivity index (χ2n) is 5.27. The fourth-order valence-electron chi connectivity index (χ4n) is 2.23. The van der Waals surface area contributed by atoms with Gasteiger partial charge in [-0.1, -0.05) is 18.2 Å². The van der Waals surface area contributed by atoms with Crippen molar-refractivity contribution < 1.29 is 29.2 Å². The smallest absolute Gasteiger partial charge is 0.200 e. The molecule has 6 nitrogen and oxygen atoms in total. The van der Waals surface area contributed by atoms with E-state index in [2.05, 4.69) is 0 Å². The molecule has 0 unspecified atom stereocenters. The highest BCUT2D eigenvalue weighted by atomic mass is 16.5. The van der Waals surface area contributed by atoms with Gasteiger partial charge in [0.2, 0.25) is 5.75 Å². The van der Waals surface area contributed by atoms with Crippen LogP contribution in [-0.4, -0.2) is 37.3 Å². The quantitative estimate of drug-likeness (QED) is 0.740. The summed E-state index contributed by atoms with van der Waals surface area (Å²) in [6, 6.07) is 8.02. The van der Waals surface area contributed by atoms with E-state index in [1.807, 2.05) is 0 Å². The summed E-state index contributed by atoms with van der Waals surface area (Å²) >= 11 is 0. The van der Waals surface area contributed by atoms with Crippen LogP contribution in [0, 0.1) is 0 Å². The molecule has 0 saturated heterocycles. The Balaban J connectivity index is 2.13. The third-order valence-electron chi connectivity index (χ3n) is 3.59. The molecule has 2 N–H and O–H groups in total. The van der Waals surface area contributed by atoms with Crippen molar-refractivity contribution in [3.8, 4) is 28.7 Å². The van der Waals surface area contributed by atoms with E-state index < -0.39 is 0 Å². The summed E-state index contributed by atoms with van der Waals surface area (Å²) in [5.41, 5.74) is 1.30. The fourth-order valence-corrected chi connectivity index (χ4v) is 2.23. The van der Waals surface area contributed by atoms with Crippen LogP contribution < -0.4 is 14.2 Å². The fraction of sp³-hybridized carbons (Fsp3) is 0.150. The number of allylic oxidation sites excluding steroid dienone is 2. The molecule has 0 aliphatic carbocycles. The van der Waals surface area contributed by atoms with Crippen LogP contribution in [0.15, 0.2) is 42.5 Å². The maximum atomic E-state index is 12.0. The van der Waals surface area contributed by atoms with Gasteiger partial charge in [-0.15, -0.1) is 0 Å². The van der Waals surface area contributed by atoms with E-state index in [-0.39, 0.29) is 28.8 Å². The zero-order valence-corrected chi connectivity index (χ0v) is 14.7. The standard InChI is InChI=1S/C20H20O6/c1-24-17-9-6-13(10-16(17)22)4-7-15(21)8-5-14-11-18(25-2)20(23)19(12-14)26-3/h4-12,22-23H,1-3H3/b7-4+,8-5+. The van der Waals surface area contributed by atoms with Crippen molar-refractivity contribution in [2.75, 3.05) is 21.3 Å². The topological polar surface area (TPSA) is 85.2 Å². The van der Waals surface area contributed by atoms with Crippen molar-refractivity contribution in [3.05, 3.63) is 53.6 Å². The van der Waals surface area contributed by atoms with Crippen LogP contribution in [0.2, 0.25) is 0 Å². The maximum Gasteiger partial charge on any atom is 0.200 e. The summed E-state index contributed by atoms with van der Waals surface area (Å²) in [5.74, 6) is 0.523. The van der Waals surface area contributed by atoms with Gasteiger partial charge in [0.25, 0.3) is 0 Å². The Morgan fingerprint density at radius 2 is 1.35 bits per heavy atom. The minimum absolute atomic E-state index is 0.000856. The lowest BCUT2D eigenvalue weighted by molar-refractivity contribution is -0.110. The molecule has 0 aliphatic rings. The average molecular weight is 356 g/mol. The van der Waals surface area contributed by atoms with Crippen LogP contribution in [0.5, 0.6) is 28.7 Å². The molecule has 0 bridgehead atoms. The zero-order chi connectivity index (χ0) is 19.1. The molecule has 2 aromatic carbocycles. The molecule has 2 rings (SSSR count). The Kier molecular flexibility index (Phi) is 6.27. The van der Waals surface area contributed by atoms with Crippen LogP contribution in [-0.2, 0) is 4.79 Å². The summed E-state index contributed by atoms with van der Waals surface area (Å²) < 4.78 is 15.1. The Hall–Kier alpha value is -3.41. The largest absolute Gasteiger partial charge is 0.504 e. The third kappa shape index (κ3) is 4.57. The number of methoxy groups -OCH3 is 3. The molecule has 0 heterocycles. The van der Waals surface area contributed by atoms with Crippen LogP contribution in [0.3, 0.4) is 0 Å². The minimum Gasteiger partial charge on any atom is -0.504 e. The van der Waals surface area contributed by atoms with Crippen LogP contribution >= 0.6 is 0 Å². The predicted octanol–water partition coefficient (Wildman–Crippen LogP) is 3.42. The molecule has 0 saturated carbocycles. The van der Waals surface area contributed by atoms with Gasteiger partial charge >= 0.3 is 0 Å². The van der Waals surface area contributed by atoms with E-state index in [0.29, 0.717) is 16.9 Å². The predicted molar refractivity (Wildman–Crippen MR) is 98.9 cm³/mol. The number of carbonyl (C=O) groups is 1. The van der Waals surface area contributed by atoms with E-state index >= 15 is 0 Å². The van der Waals surface area contributed by atoms with E-state index in [1.54, 1.807) is 36.4 Å². The highest BCUT2D eigenvalue weighted by Crippen LogP contribution is 2.37. The van der Waals surface area contributed by atoms with Gasteiger partial charge in [-0.2, -0.15) is 0 Å². The number of hydrogen-bond donors (Lipinski definition) is 2. The van der Waals surface area contributed by atoms with Crippen molar-refractivity contribution in [3.63, 3.8) is 0 Å². The maximum absolute atomic E-state index is 12.0. The number of ether oxygens (including phenoxy) is 3. The number of phenols is 2. The van der Waals surface area contributed by atoms with E-state index in [4.69, 9.17) is 14.2 Å². The highest BCUT2D eigenvalue weighted by molar-refractivity contribution is 6.04. The van der Waals surface area contributed by atoms with Gasteiger partial charge < -0.3 is 24.4 Å². The summed E-state index contributed by atoms with van der Waals surface area (Å²) in [6.07, 6.45) is 5.93. The second-order valence-corrected chi connectivity index (χ2v) is 5.27. The van der Waals surface area contributed by atoms with Gasteiger partial charge in [0.05, 0.1) is 21.3 Å². The lowest BCUT2D eigenvalue weighted by Gasteiger charge is -2.09. The van der Waals surface area contributed by atoms with Gasteiger partial charge in [0, 0.05) is 0 Å².